The normalized spacial score (nSPS) is 19.8. The van der Waals surface area contributed by atoms with E-state index < -0.39 is 0 Å². The molecule has 1 aromatic rings. The molecule has 1 aliphatic heterocycles. The van der Waals surface area contributed by atoms with Crippen molar-refractivity contribution in [3.8, 4) is 0 Å². The molecule has 6 nitrogen and oxygen atoms in total. The monoisotopic (exact) mass is 316 g/mol. The van der Waals surface area contributed by atoms with E-state index >= 15 is 0 Å². The molecule has 0 spiro atoms. The molecule has 1 unspecified atom stereocenters. The Morgan fingerprint density at radius 2 is 2.50 bits per heavy atom. The van der Waals surface area contributed by atoms with Gasteiger partial charge in [-0.1, -0.05) is 0 Å². The third kappa shape index (κ3) is 3.09. The molecule has 18 heavy (non-hydrogen) atoms. The molecule has 0 saturated carbocycles. The Hall–Kier alpha value is -0.920. The summed E-state index contributed by atoms with van der Waals surface area (Å²) in [5, 5.41) is 19.5. The molecule has 2 rings (SSSR count). The van der Waals surface area contributed by atoms with Crippen molar-refractivity contribution < 1.29 is 5.11 Å². The fraction of sp³-hybridized carbons (Fsp3) is 0.636. The van der Waals surface area contributed by atoms with Crippen LogP contribution >= 0.6 is 15.9 Å². The van der Waals surface area contributed by atoms with Crippen LogP contribution in [0, 0.1) is 0 Å². The highest BCUT2D eigenvalue weighted by Gasteiger charge is 2.15. The second-order valence-electron chi connectivity index (χ2n) is 4.31. The molecule has 7 heteroatoms. The molecule has 1 aromatic heterocycles. The molecule has 0 aliphatic carbocycles. The van der Waals surface area contributed by atoms with Gasteiger partial charge in [-0.25, -0.2) is 4.68 Å². The summed E-state index contributed by atoms with van der Waals surface area (Å²) < 4.78 is 1.71. The number of piperidine rings is 1. The van der Waals surface area contributed by atoms with E-state index in [2.05, 4.69) is 31.7 Å². The van der Waals surface area contributed by atoms with E-state index in [1.54, 1.807) is 6.20 Å². The third-order valence-corrected chi connectivity index (χ3v) is 3.72. The second kappa shape index (κ2) is 6.31. The number of aliphatic hydroxyl groups is 1. The van der Waals surface area contributed by atoms with Crippen LogP contribution in [0.5, 0.6) is 0 Å². The number of halogens is 1. The first kappa shape index (κ1) is 13.5. The van der Waals surface area contributed by atoms with Crippen LogP contribution in [-0.4, -0.2) is 40.6 Å². The summed E-state index contributed by atoms with van der Waals surface area (Å²) in [6, 6.07) is 0.324. The zero-order valence-electron chi connectivity index (χ0n) is 10.0. The fourth-order valence-electron chi connectivity index (χ4n) is 2.01. The van der Waals surface area contributed by atoms with Crippen molar-refractivity contribution in [2.75, 3.05) is 25.0 Å². The van der Waals surface area contributed by atoms with E-state index in [0.29, 0.717) is 16.2 Å². The van der Waals surface area contributed by atoms with E-state index in [9.17, 15) is 4.79 Å². The number of aromatic nitrogens is 2. The third-order valence-electron chi connectivity index (χ3n) is 2.95. The predicted molar refractivity (Wildman–Crippen MR) is 72.8 cm³/mol. The maximum Gasteiger partial charge on any atom is 0.283 e. The molecule has 2 heterocycles. The molecule has 0 bridgehead atoms. The maximum atomic E-state index is 11.9. The minimum absolute atomic E-state index is 0.0985. The number of hydrogen-bond donors (Lipinski definition) is 3. The summed E-state index contributed by atoms with van der Waals surface area (Å²) in [6.45, 7) is 2.06. The lowest BCUT2D eigenvalue weighted by Gasteiger charge is -2.25. The number of hydrogen-bond acceptors (Lipinski definition) is 5. The smallest absolute Gasteiger partial charge is 0.283 e. The summed E-state index contributed by atoms with van der Waals surface area (Å²) in [5.41, 5.74) is 0.487. The average Bonchev–Trinajstić information content (AvgIpc) is 2.40. The quantitative estimate of drug-likeness (QED) is 0.737. The molecule has 1 aliphatic rings. The molecule has 1 saturated heterocycles. The van der Waals surface area contributed by atoms with Crippen molar-refractivity contribution in [1.82, 2.24) is 15.1 Å². The van der Waals surface area contributed by atoms with E-state index in [1.165, 1.54) is 4.68 Å². The van der Waals surface area contributed by atoms with E-state index in [0.717, 1.165) is 25.9 Å². The van der Waals surface area contributed by atoms with Crippen molar-refractivity contribution in [3.05, 3.63) is 21.0 Å². The van der Waals surface area contributed by atoms with Crippen LogP contribution in [0.4, 0.5) is 5.69 Å². The van der Waals surface area contributed by atoms with Gasteiger partial charge >= 0.3 is 0 Å². The molecule has 3 N–H and O–H groups in total. The van der Waals surface area contributed by atoms with Gasteiger partial charge in [0, 0.05) is 12.6 Å². The highest BCUT2D eigenvalue weighted by atomic mass is 79.9. The molecule has 0 radical (unpaired) electrons. The van der Waals surface area contributed by atoms with Crippen LogP contribution in [0.15, 0.2) is 15.5 Å². The molecule has 0 aromatic carbocycles. The van der Waals surface area contributed by atoms with Gasteiger partial charge in [-0.2, -0.15) is 5.10 Å². The van der Waals surface area contributed by atoms with Gasteiger partial charge in [0.1, 0.15) is 4.47 Å². The van der Waals surface area contributed by atoms with Crippen LogP contribution in [0.25, 0.3) is 0 Å². The number of nitrogens with one attached hydrogen (secondary N) is 2. The van der Waals surface area contributed by atoms with Crippen LogP contribution in [0.2, 0.25) is 0 Å². The van der Waals surface area contributed by atoms with Gasteiger partial charge < -0.3 is 15.7 Å². The second-order valence-corrected chi connectivity index (χ2v) is 5.10. The van der Waals surface area contributed by atoms with Crippen molar-refractivity contribution in [1.29, 1.82) is 0 Å². The van der Waals surface area contributed by atoms with Crippen LogP contribution in [0.3, 0.4) is 0 Å². The van der Waals surface area contributed by atoms with Crippen molar-refractivity contribution in [3.63, 3.8) is 0 Å². The first-order chi connectivity index (χ1) is 8.72. The van der Waals surface area contributed by atoms with E-state index in [1.807, 2.05) is 0 Å². The minimum Gasteiger partial charge on any atom is -0.394 e. The highest BCUT2D eigenvalue weighted by Crippen LogP contribution is 2.18. The van der Waals surface area contributed by atoms with Gasteiger partial charge in [0.05, 0.1) is 25.0 Å². The molecule has 100 valence electrons. The summed E-state index contributed by atoms with van der Waals surface area (Å²) in [7, 11) is 0. The lowest BCUT2D eigenvalue weighted by Crippen LogP contribution is -2.39. The van der Waals surface area contributed by atoms with Crippen molar-refractivity contribution in [2.24, 2.45) is 0 Å². The Balaban J connectivity index is 2.13. The Labute approximate surface area is 114 Å². The Morgan fingerprint density at radius 3 is 3.17 bits per heavy atom. The molecule has 1 fully saturated rings. The standard InChI is InChI=1S/C11H17BrN4O2/c12-10-9(15-8-2-1-3-13-6-8)7-14-16(4-5-17)11(10)18/h7-8,13,15,17H,1-6H2. The number of rotatable bonds is 4. The Kier molecular flexibility index (Phi) is 4.73. The Morgan fingerprint density at radius 1 is 1.67 bits per heavy atom. The topological polar surface area (TPSA) is 79.2 Å². The average molecular weight is 317 g/mol. The van der Waals surface area contributed by atoms with Crippen molar-refractivity contribution in [2.45, 2.75) is 25.4 Å². The van der Waals surface area contributed by atoms with Gasteiger partial charge in [0.15, 0.2) is 0 Å². The fourth-order valence-corrected chi connectivity index (χ4v) is 2.44. The zero-order chi connectivity index (χ0) is 13.0. The first-order valence-electron chi connectivity index (χ1n) is 6.06. The maximum absolute atomic E-state index is 11.9. The molecular weight excluding hydrogens is 300 g/mol. The summed E-state index contributed by atoms with van der Waals surface area (Å²) >= 11 is 3.29. The number of aliphatic hydroxyl groups excluding tert-OH is 1. The molecule has 0 amide bonds. The lowest BCUT2D eigenvalue weighted by molar-refractivity contribution is 0.266. The summed E-state index contributed by atoms with van der Waals surface area (Å²) in [6.07, 6.45) is 3.83. The minimum atomic E-state index is -0.224. The van der Waals surface area contributed by atoms with Gasteiger partial charge in [0.25, 0.3) is 5.56 Å². The van der Waals surface area contributed by atoms with E-state index in [4.69, 9.17) is 5.11 Å². The van der Waals surface area contributed by atoms with Crippen LogP contribution in [0.1, 0.15) is 12.8 Å². The summed E-state index contributed by atoms with van der Waals surface area (Å²) in [5.74, 6) is 0. The number of nitrogens with zero attached hydrogens (tertiary/aromatic N) is 2. The number of anilines is 1. The molecule has 1 atom stereocenters. The summed E-state index contributed by atoms with van der Waals surface area (Å²) in [4.78, 5) is 11.9. The van der Waals surface area contributed by atoms with Gasteiger partial charge in [-0.15, -0.1) is 0 Å². The van der Waals surface area contributed by atoms with Crippen molar-refractivity contribution >= 4 is 21.6 Å². The first-order valence-corrected chi connectivity index (χ1v) is 6.85. The van der Waals surface area contributed by atoms with Gasteiger partial charge in [-0.05, 0) is 35.3 Å². The Bertz CT molecular complexity index is 457. The highest BCUT2D eigenvalue weighted by molar-refractivity contribution is 9.10. The zero-order valence-corrected chi connectivity index (χ0v) is 11.6. The molecular formula is C11H17BrN4O2. The predicted octanol–water partition coefficient (Wildman–Crippen LogP) is 0.162. The SMILES string of the molecule is O=c1c(Br)c(NC2CCCNC2)cnn1CCO. The van der Waals surface area contributed by atoms with Crippen LogP contribution in [-0.2, 0) is 6.54 Å². The van der Waals surface area contributed by atoms with Crippen LogP contribution < -0.4 is 16.2 Å². The van der Waals surface area contributed by atoms with Gasteiger partial charge in [-0.3, -0.25) is 4.79 Å². The lowest BCUT2D eigenvalue weighted by atomic mass is 10.1. The van der Waals surface area contributed by atoms with E-state index in [-0.39, 0.29) is 18.7 Å². The van der Waals surface area contributed by atoms with Gasteiger partial charge in [0.2, 0.25) is 0 Å². The largest absolute Gasteiger partial charge is 0.394 e.